The van der Waals surface area contributed by atoms with Gasteiger partial charge >= 0.3 is 0 Å². The SMILES string of the molecule is COc1cc2c(cc1OC)[C@H](CC(C)C)[NH+](C)CC2. The number of benzene rings is 1. The van der Waals surface area contributed by atoms with Gasteiger partial charge in [-0.25, -0.2) is 0 Å². The van der Waals surface area contributed by atoms with Gasteiger partial charge < -0.3 is 14.4 Å². The second kappa shape index (κ2) is 5.83. The lowest BCUT2D eigenvalue weighted by Gasteiger charge is -2.33. The fourth-order valence-corrected chi connectivity index (χ4v) is 3.05. The maximum Gasteiger partial charge on any atom is 0.161 e. The first-order chi connectivity index (χ1) is 9.06. The number of likely N-dealkylation sites (N-methyl/N-ethyl adjacent to an activating group) is 1. The lowest BCUT2D eigenvalue weighted by Crippen LogP contribution is -3.10. The van der Waals surface area contributed by atoms with Crippen LogP contribution >= 0.6 is 0 Å². The zero-order chi connectivity index (χ0) is 14.0. The van der Waals surface area contributed by atoms with E-state index >= 15 is 0 Å². The number of ether oxygens (including phenoxy) is 2. The van der Waals surface area contributed by atoms with Crippen molar-refractivity contribution in [2.75, 3.05) is 27.8 Å². The zero-order valence-electron chi connectivity index (χ0n) is 12.7. The van der Waals surface area contributed by atoms with Crippen LogP contribution in [0.25, 0.3) is 0 Å². The largest absolute Gasteiger partial charge is 0.493 e. The molecule has 1 aliphatic rings. The van der Waals surface area contributed by atoms with Crippen molar-refractivity contribution in [3.63, 3.8) is 0 Å². The Morgan fingerprint density at radius 2 is 1.84 bits per heavy atom. The van der Waals surface area contributed by atoms with Crippen LogP contribution in [-0.2, 0) is 6.42 Å². The molecule has 1 heterocycles. The molecule has 0 aliphatic carbocycles. The first-order valence-electron chi connectivity index (χ1n) is 7.14. The third kappa shape index (κ3) is 2.86. The standard InChI is InChI=1S/C16H25NO2/c1-11(2)8-14-13-10-16(19-5)15(18-4)9-12(13)6-7-17(14)3/h9-11,14H,6-8H2,1-5H3/p+1/t14-/m0/s1. The molecule has 106 valence electrons. The van der Waals surface area contributed by atoms with Gasteiger partial charge in [0.2, 0.25) is 0 Å². The van der Waals surface area contributed by atoms with Gasteiger partial charge in [0.05, 0.1) is 27.8 Å². The maximum absolute atomic E-state index is 5.46. The van der Waals surface area contributed by atoms with Crippen LogP contribution in [0.4, 0.5) is 0 Å². The summed E-state index contributed by atoms with van der Waals surface area (Å²) in [4.78, 5) is 1.61. The summed E-state index contributed by atoms with van der Waals surface area (Å²) in [6.45, 7) is 5.78. The number of rotatable bonds is 4. The molecule has 0 amide bonds. The molecule has 1 aromatic carbocycles. The fraction of sp³-hybridized carbons (Fsp3) is 0.625. The van der Waals surface area contributed by atoms with Gasteiger partial charge in [0.1, 0.15) is 6.04 Å². The fourth-order valence-electron chi connectivity index (χ4n) is 3.05. The lowest BCUT2D eigenvalue weighted by atomic mass is 9.87. The molecular weight excluding hydrogens is 238 g/mol. The van der Waals surface area contributed by atoms with Crippen LogP contribution in [0.3, 0.4) is 0 Å². The molecule has 0 fully saturated rings. The third-order valence-corrected chi connectivity index (χ3v) is 4.11. The zero-order valence-corrected chi connectivity index (χ0v) is 12.7. The monoisotopic (exact) mass is 264 g/mol. The molecule has 3 heteroatoms. The van der Waals surface area contributed by atoms with E-state index in [0.717, 1.165) is 17.9 Å². The number of methoxy groups -OCH3 is 2. The Balaban J connectivity index is 2.42. The van der Waals surface area contributed by atoms with E-state index in [1.54, 1.807) is 19.1 Å². The van der Waals surface area contributed by atoms with Crippen LogP contribution < -0.4 is 14.4 Å². The van der Waals surface area contributed by atoms with Gasteiger partial charge in [0.15, 0.2) is 11.5 Å². The van der Waals surface area contributed by atoms with E-state index in [1.165, 1.54) is 24.1 Å². The van der Waals surface area contributed by atoms with E-state index in [4.69, 9.17) is 9.47 Å². The van der Waals surface area contributed by atoms with Gasteiger partial charge in [-0.1, -0.05) is 13.8 Å². The Morgan fingerprint density at radius 3 is 2.42 bits per heavy atom. The number of quaternary nitrogens is 1. The predicted octanol–water partition coefficient (Wildman–Crippen LogP) is 1.86. The summed E-state index contributed by atoms with van der Waals surface area (Å²) in [5.41, 5.74) is 2.86. The minimum absolute atomic E-state index is 0.573. The van der Waals surface area contributed by atoms with Gasteiger partial charge in [-0.05, 0) is 23.6 Å². The van der Waals surface area contributed by atoms with Crippen molar-refractivity contribution < 1.29 is 14.4 Å². The van der Waals surface area contributed by atoms with Gasteiger partial charge in [-0.15, -0.1) is 0 Å². The first kappa shape index (κ1) is 14.2. The van der Waals surface area contributed by atoms with Gasteiger partial charge in [0, 0.05) is 18.4 Å². The Kier molecular flexibility index (Phi) is 4.35. The Bertz CT molecular complexity index is 443. The highest BCUT2D eigenvalue weighted by atomic mass is 16.5. The van der Waals surface area contributed by atoms with Crippen molar-refractivity contribution in [2.45, 2.75) is 32.7 Å². The highest BCUT2D eigenvalue weighted by molar-refractivity contribution is 5.48. The molecule has 0 spiro atoms. The van der Waals surface area contributed by atoms with Crippen LogP contribution in [-0.4, -0.2) is 27.8 Å². The van der Waals surface area contributed by atoms with Crippen LogP contribution in [0.2, 0.25) is 0 Å². The van der Waals surface area contributed by atoms with E-state index in [0.29, 0.717) is 12.0 Å². The number of nitrogens with one attached hydrogen (secondary N) is 1. The van der Waals surface area contributed by atoms with Crippen molar-refractivity contribution >= 4 is 0 Å². The summed E-state index contributed by atoms with van der Waals surface area (Å²) >= 11 is 0. The van der Waals surface area contributed by atoms with E-state index in [9.17, 15) is 0 Å². The normalized spacial score (nSPS) is 22.2. The van der Waals surface area contributed by atoms with E-state index in [-0.39, 0.29) is 0 Å². The summed E-state index contributed by atoms with van der Waals surface area (Å²) in [5, 5.41) is 0. The average molecular weight is 264 g/mol. The minimum Gasteiger partial charge on any atom is -0.493 e. The molecule has 1 aromatic rings. The number of hydrogen-bond donors (Lipinski definition) is 1. The van der Waals surface area contributed by atoms with Gasteiger partial charge in [-0.2, -0.15) is 0 Å². The minimum atomic E-state index is 0.573. The number of fused-ring (bicyclic) bond motifs is 1. The Morgan fingerprint density at radius 1 is 1.21 bits per heavy atom. The van der Waals surface area contributed by atoms with E-state index < -0.39 is 0 Å². The quantitative estimate of drug-likeness (QED) is 0.897. The molecule has 19 heavy (non-hydrogen) atoms. The highest BCUT2D eigenvalue weighted by Gasteiger charge is 2.30. The number of hydrogen-bond acceptors (Lipinski definition) is 2. The second-order valence-corrected chi connectivity index (χ2v) is 5.93. The smallest absolute Gasteiger partial charge is 0.161 e. The molecule has 0 saturated carbocycles. The molecule has 2 atom stereocenters. The molecule has 2 rings (SSSR count). The van der Waals surface area contributed by atoms with Gasteiger partial charge in [-0.3, -0.25) is 0 Å². The molecule has 0 saturated heterocycles. The molecular formula is C16H26NO2+. The van der Waals surface area contributed by atoms with Crippen molar-refractivity contribution in [3.05, 3.63) is 23.3 Å². The van der Waals surface area contributed by atoms with Crippen molar-refractivity contribution in [1.82, 2.24) is 0 Å². The van der Waals surface area contributed by atoms with Crippen LogP contribution in [0.5, 0.6) is 11.5 Å². The lowest BCUT2D eigenvalue weighted by molar-refractivity contribution is -0.915. The predicted molar refractivity (Wildman–Crippen MR) is 77.2 cm³/mol. The summed E-state index contributed by atoms with van der Waals surface area (Å²) in [6, 6.07) is 4.92. The highest BCUT2D eigenvalue weighted by Crippen LogP contribution is 2.35. The van der Waals surface area contributed by atoms with Crippen LogP contribution in [0.15, 0.2) is 12.1 Å². The van der Waals surface area contributed by atoms with E-state index in [2.05, 4.69) is 33.0 Å². The topological polar surface area (TPSA) is 22.9 Å². The molecule has 0 radical (unpaired) electrons. The van der Waals surface area contributed by atoms with Crippen molar-refractivity contribution in [1.29, 1.82) is 0 Å². The summed E-state index contributed by atoms with van der Waals surface area (Å²) in [5.74, 6) is 2.41. The Hall–Kier alpha value is -1.22. The molecule has 0 aromatic heterocycles. The first-order valence-corrected chi connectivity index (χ1v) is 7.14. The van der Waals surface area contributed by atoms with Crippen molar-refractivity contribution in [2.24, 2.45) is 5.92 Å². The second-order valence-electron chi connectivity index (χ2n) is 5.93. The summed E-state index contributed by atoms with van der Waals surface area (Å²) in [6.07, 6.45) is 2.34. The molecule has 1 aliphatic heterocycles. The Labute approximate surface area is 116 Å². The summed E-state index contributed by atoms with van der Waals surface area (Å²) in [7, 11) is 5.71. The molecule has 1 N–H and O–H groups in total. The molecule has 3 nitrogen and oxygen atoms in total. The molecule has 1 unspecified atom stereocenters. The van der Waals surface area contributed by atoms with Crippen LogP contribution in [0.1, 0.15) is 37.4 Å². The van der Waals surface area contributed by atoms with Gasteiger partial charge in [0.25, 0.3) is 0 Å². The van der Waals surface area contributed by atoms with E-state index in [1.807, 2.05) is 0 Å². The summed E-state index contributed by atoms with van der Waals surface area (Å²) < 4.78 is 10.9. The van der Waals surface area contributed by atoms with Crippen LogP contribution in [0, 0.1) is 5.92 Å². The maximum atomic E-state index is 5.46. The average Bonchev–Trinajstić information content (AvgIpc) is 2.40. The third-order valence-electron chi connectivity index (χ3n) is 4.11. The molecule has 0 bridgehead atoms. The van der Waals surface area contributed by atoms with Crippen molar-refractivity contribution in [3.8, 4) is 11.5 Å².